The second kappa shape index (κ2) is 7.78. The second-order valence-corrected chi connectivity index (χ2v) is 8.95. The fraction of sp³-hybridized carbons (Fsp3) is 0.393. The molecule has 0 aliphatic heterocycles. The molecule has 3 aromatic rings. The maximum atomic E-state index is 8.89. The van der Waals surface area contributed by atoms with E-state index in [0.717, 1.165) is 27.8 Å². The Hall–Kier alpha value is -2.41. The number of hydrogen-bond acceptors (Lipinski definition) is 0. The van der Waals surface area contributed by atoms with E-state index in [9.17, 15) is 0 Å². The molecule has 0 amide bonds. The van der Waals surface area contributed by atoms with Gasteiger partial charge in [-0.15, -0.1) is 0 Å². The molecule has 152 valence electrons. The Morgan fingerprint density at radius 2 is 1.59 bits per heavy atom. The van der Waals surface area contributed by atoms with E-state index >= 15 is 0 Å². The molecule has 0 atom stereocenters. The second-order valence-electron chi connectivity index (χ2n) is 8.95. The minimum absolute atomic E-state index is 0.0217. The van der Waals surface area contributed by atoms with Crippen LogP contribution in [0.25, 0.3) is 22.4 Å². The lowest BCUT2D eigenvalue weighted by molar-refractivity contribution is -0.660. The number of benzene rings is 2. The lowest BCUT2D eigenvalue weighted by Gasteiger charge is -2.20. The Balaban J connectivity index is 2.39. The van der Waals surface area contributed by atoms with Gasteiger partial charge in [0.15, 0.2) is 6.20 Å². The summed E-state index contributed by atoms with van der Waals surface area (Å²) in [4.78, 5) is 0. The molecule has 0 saturated heterocycles. The highest BCUT2D eigenvalue weighted by molar-refractivity contribution is 5.80. The van der Waals surface area contributed by atoms with Crippen molar-refractivity contribution in [3.63, 3.8) is 0 Å². The molecule has 1 heteroatoms. The van der Waals surface area contributed by atoms with Crippen molar-refractivity contribution in [1.82, 2.24) is 0 Å². The molecule has 0 radical (unpaired) electrons. The van der Waals surface area contributed by atoms with Crippen molar-refractivity contribution in [2.24, 2.45) is 12.5 Å². The SMILES string of the molecule is [2H]C([2H])([2H])c1c[n+](C)c(-c2cccc(-c3c(C)cc(C)cc3C([2H])([2H])[2H])c2C)cc1C([2H])([2H])C(C)(C)C. The largest absolute Gasteiger partial charge is 0.212 e. The first kappa shape index (κ1) is 13.0. The van der Waals surface area contributed by atoms with Gasteiger partial charge in [-0.25, -0.2) is 4.57 Å². The van der Waals surface area contributed by atoms with Crippen LogP contribution < -0.4 is 4.57 Å². The summed E-state index contributed by atoms with van der Waals surface area (Å²) in [6, 6.07) is 11.0. The minimum Gasteiger partial charge on any atom is -0.201 e. The molecule has 0 aliphatic carbocycles. The van der Waals surface area contributed by atoms with Crippen LogP contribution in [0.1, 0.15) is 65.1 Å². The Kier molecular flexibility index (Phi) is 3.49. The average molecular weight is 395 g/mol. The van der Waals surface area contributed by atoms with Crippen molar-refractivity contribution in [3.05, 3.63) is 76.0 Å². The van der Waals surface area contributed by atoms with Crippen molar-refractivity contribution in [3.8, 4) is 22.4 Å². The molecule has 0 bridgehead atoms. The van der Waals surface area contributed by atoms with Gasteiger partial charge in [-0.2, -0.15) is 0 Å². The first-order chi connectivity index (χ1) is 16.7. The minimum atomic E-state index is -2.49. The third-order valence-corrected chi connectivity index (χ3v) is 5.14. The highest BCUT2D eigenvalue weighted by Crippen LogP contribution is 2.35. The van der Waals surface area contributed by atoms with Crippen LogP contribution in [0, 0.1) is 39.9 Å². The summed E-state index contributed by atoms with van der Waals surface area (Å²) in [5, 5.41) is 0. The van der Waals surface area contributed by atoms with Gasteiger partial charge < -0.3 is 0 Å². The zero-order valence-electron chi connectivity index (χ0n) is 26.5. The smallest absolute Gasteiger partial charge is 0.201 e. The first-order valence-corrected chi connectivity index (χ1v) is 9.94. The van der Waals surface area contributed by atoms with E-state index in [0.29, 0.717) is 11.3 Å². The number of aromatic nitrogens is 1. The number of hydrogen-bond donors (Lipinski definition) is 0. The van der Waals surface area contributed by atoms with Gasteiger partial charge in [-0.1, -0.05) is 50.6 Å². The van der Waals surface area contributed by atoms with Gasteiger partial charge in [-0.05, 0) is 85.7 Å². The van der Waals surface area contributed by atoms with E-state index < -0.39 is 25.5 Å². The zero-order chi connectivity index (χ0) is 28.3. The lowest BCUT2D eigenvalue weighted by Crippen LogP contribution is -2.32. The predicted octanol–water partition coefficient (Wildman–Crippen LogP) is 6.98. The van der Waals surface area contributed by atoms with Crippen molar-refractivity contribution >= 4 is 0 Å². The maximum Gasteiger partial charge on any atom is 0.212 e. The van der Waals surface area contributed by atoms with E-state index in [2.05, 4.69) is 0 Å². The standard InChI is InChI=1S/C28H36N/c1-18-13-19(2)27(20(3)14-18)25-12-10-11-24(22(25)5)26-15-23(16-28(6,7)8)21(4)17-29(26)9/h10-15,17H,16H2,1-9H3/q+1/i2D3,4D3,16D2. The molecule has 1 nitrogen and oxygen atoms in total. The van der Waals surface area contributed by atoms with Crippen LogP contribution >= 0.6 is 0 Å². The molecule has 1 heterocycles. The fourth-order valence-corrected chi connectivity index (χ4v) is 3.93. The average Bonchev–Trinajstić information content (AvgIpc) is 2.71. The van der Waals surface area contributed by atoms with Gasteiger partial charge >= 0.3 is 0 Å². The topological polar surface area (TPSA) is 3.88 Å². The summed E-state index contributed by atoms with van der Waals surface area (Å²) < 4.78 is 68.2. The molecule has 2 aromatic carbocycles. The van der Waals surface area contributed by atoms with Crippen molar-refractivity contribution < 1.29 is 15.5 Å². The molecule has 0 fully saturated rings. The van der Waals surface area contributed by atoms with E-state index in [-0.39, 0.29) is 16.7 Å². The molecular weight excluding hydrogens is 350 g/mol. The fourth-order valence-electron chi connectivity index (χ4n) is 3.93. The van der Waals surface area contributed by atoms with Gasteiger partial charge in [-0.3, -0.25) is 0 Å². The summed E-state index contributed by atoms with van der Waals surface area (Å²) in [6.07, 6.45) is -0.425. The van der Waals surface area contributed by atoms with E-state index in [1.807, 2.05) is 45.0 Å². The van der Waals surface area contributed by atoms with Crippen LogP contribution in [-0.2, 0) is 13.4 Å². The molecule has 1 aromatic heterocycles. The molecular formula is C28H36N+. The Morgan fingerprint density at radius 3 is 2.24 bits per heavy atom. The van der Waals surface area contributed by atoms with Crippen LogP contribution in [0.3, 0.4) is 0 Å². The molecule has 0 saturated carbocycles. The van der Waals surface area contributed by atoms with Crippen LogP contribution in [0.5, 0.6) is 0 Å². The van der Waals surface area contributed by atoms with Gasteiger partial charge in [0.25, 0.3) is 0 Å². The zero-order valence-corrected chi connectivity index (χ0v) is 18.5. The van der Waals surface area contributed by atoms with Gasteiger partial charge in [0.05, 0.1) is 0 Å². The molecule has 0 N–H and O–H groups in total. The monoisotopic (exact) mass is 394 g/mol. The van der Waals surface area contributed by atoms with Crippen LogP contribution in [0.2, 0.25) is 0 Å². The molecule has 3 rings (SSSR count). The predicted molar refractivity (Wildman–Crippen MR) is 125 cm³/mol. The Labute approximate surface area is 188 Å². The Bertz CT molecular complexity index is 1340. The quantitative estimate of drug-likeness (QED) is 0.422. The first-order valence-electron chi connectivity index (χ1n) is 13.9. The van der Waals surface area contributed by atoms with Crippen LogP contribution in [-0.4, -0.2) is 0 Å². The molecule has 0 unspecified atom stereocenters. The van der Waals surface area contributed by atoms with Crippen molar-refractivity contribution in [2.45, 2.75) is 61.6 Å². The highest BCUT2D eigenvalue weighted by atomic mass is 14.9. The van der Waals surface area contributed by atoms with E-state index in [1.54, 1.807) is 44.5 Å². The summed E-state index contributed by atoms with van der Waals surface area (Å²) in [7, 11) is 1.75. The number of nitrogens with zero attached hydrogens (tertiary/aromatic N) is 1. The molecule has 0 aliphatic rings. The van der Waals surface area contributed by atoms with E-state index in [1.165, 1.54) is 6.20 Å². The normalized spacial score (nSPS) is 17.2. The molecule has 29 heavy (non-hydrogen) atoms. The van der Waals surface area contributed by atoms with Crippen molar-refractivity contribution in [1.29, 1.82) is 0 Å². The summed E-state index contributed by atoms with van der Waals surface area (Å²) in [5.41, 5.74) is 4.98. The van der Waals surface area contributed by atoms with Crippen molar-refractivity contribution in [2.75, 3.05) is 0 Å². The van der Waals surface area contributed by atoms with Crippen LogP contribution in [0.15, 0.2) is 42.6 Å². The van der Waals surface area contributed by atoms with Gasteiger partial charge in [0.1, 0.15) is 7.05 Å². The number of aryl methyl sites for hydroxylation is 5. The lowest BCUT2D eigenvalue weighted by atomic mass is 9.85. The summed E-state index contributed by atoms with van der Waals surface area (Å²) in [6.45, 7) is 6.19. The third-order valence-electron chi connectivity index (χ3n) is 5.14. The Morgan fingerprint density at radius 1 is 0.931 bits per heavy atom. The third kappa shape index (κ3) is 4.45. The maximum absolute atomic E-state index is 8.89. The van der Waals surface area contributed by atoms with Crippen LogP contribution in [0.4, 0.5) is 0 Å². The molecule has 0 spiro atoms. The van der Waals surface area contributed by atoms with E-state index in [4.69, 9.17) is 11.0 Å². The number of rotatable bonds is 3. The van der Waals surface area contributed by atoms with Gasteiger partial charge in [0.2, 0.25) is 5.69 Å². The highest BCUT2D eigenvalue weighted by Gasteiger charge is 2.21. The summed E-state index contributed by atoms with van der Waals surface area (Å²) >= 11 is 0. The summed E-state index contributed by atoms with van der Waals surface area (Å²) in [5.74, 6) is 0. The number of pyridine rings is 1. The van der Waals surface area contributed by atoms with Gasteiger partial charge in [0, 0.05) is 28.2 Å².